The summed E-state index contributed by atoms with van der Waals surface area (Å²) >= 11 is 1.50. The van der Waals surface area contributed by atoms with Crippen LogP contribution < -0.4 is 22.5 Å². The van der Waals surface area contributed by atoms with Crippen LogP contribution in [0.5, 0.6) is 0 Å². The highest BCUT2D eigenvalue weighted by atomic mass is 32.2. The summed E-state index contributed by atoms with van der Waals surface area (Å²) in [7, 11) is 0. The van der Waals surface area contributed by atoms with Crippen LogP contribution in [0.2, 0.25) is 0 Å². The number of esters is 2. The number of carbonyl (C=O) groups excluding carboxylic acids is 3. The van der Waals surface area contributed by atoms with Crippen molar-refractivity contribution in [1.82, 2.24) is 5.32 Å². The molecule has 0 aliphatic heterocycles. The molecular weight excluding hydrogens is 488 g/mol. The lowest BCUT2D eigenvalue weighted by Crippen LogP contribution is -2.42. The number of amides is 2. The summed E-state index contributed by atoms with van der Waals surface area (Å²) < 4.78 is 4.32. The van der Waals surface area contributed by atoms with Crippen molar-refractivity contribution in [3.8, 4) is 0 Å². The maximum Gasteiger partial charge on any atom is 0.331 e. The van der Waals surface area contributed by atoms with Gasteiger partial charge in [0, 0.05) is 12.3 Å². The Morgan fingerprint density at radius 2 is 1.19 bits per heavy atom. The average molecular weight is 521 g/mol. The Balaban J connectivity index is 1.76. The van der Waals surface area contributed by atoms with Gasteiger partial charge in [0.2, 0.25) is 0 Å². The van der Waals surface area contributed by atoms with E-state index in [0.29, 0.717) is 6.42 Å². The number of thioether (sulfide) groups is 1. The third kappa shape index (κ3) is 7.42. The van der Waals surface area contributed by atoms with Crippen LogP contribution in [-0.4, -0.2) is 42.4 Å². The number of nitrogens with two attached hydrogens (primary N) is 3. The lowest BCUT2D eigenvalue weighted by Gasteiger charge is -2.36. The number of benzene rings is 3. The molecule has 0 aliphatic carbocycles. The van der Waals surface area contributed by atoms with Crippen LogP contribution in [-0.2, 0) is 19.1 Å². The zero-order chi connectivity index (χ0) is 26.7. The monoisotopic (exact) mass is 520 g/mol. The summed E-state index contributed by atoms with van der Waals surface area (Å²) in [6.07, 6.45) is 0.624. The Hall–Kier alpha value is -3.66. The molecule has 0 saturated carbocycles. The largest absolute Gasteiger partial charge is 0.391 e. The Kier molecular flexibility index (Phi) is 10.3. The first-order chi connectivity index (χ1) is 17.8. The lowest BCUT2D eigenvalue weighted by molar-refractivity contribution is -0.161. The van der Waals surface area contributed by atoms with E-state index in [9.17, 15) is 14.4 Å². The summed E-state index contributed by atoms with van der Waals surface area (Å²) in [5.41, 5.74) is 20.1. The number of rotatable bonds is 12. The van der Waals surface area contributed by atoms with E-state index < -0.39 is 34.8 Å². The van der Waals surface area contributed by atoms with Gasteiger partial charge in [-0.1, -0.05) is 91.0 Å². The van der Waals surface area contributed by atoms with Gasteiger partial charge in [0.05, 0.1) is 4.75 Å². The third-order valence-corrected chi connectivity index (χ3v) is 7.48. The van der Waals surface area contributed by atoms with Crippen molar-refractivity contribution in [2.45, 2.75) is 29.7 Å². The Labute approximate surface area is 220 Å². The predicted molar refractivity (Wildman–Crippen MR) is 146 cm³/mol. The van der Waals surface area contributed by atoms with Crippen LogP contribution in [0, 0.1) is 0 Å². The highest BCUT2D eigenvalue weighted by Gasteiger charge is 2.38. The van der Waals surface area contributed by atoms with Crippen LogP contribution in [0.3, 0.4) is 0 Å². The number of hydrogen-bond acceptors (Lipinski definition) is 7. The zero-order valence-electron chi connectivity index (χ0n) is 20.4. The van der Waals surface area contributed by atoms with E-state index in [-0.39, 0.29) is 18.7 Å². The molecule has 0 unspecified atom stereocenters. The smallest absolute Gasteiger partial charge is 0.331 e. The molecule has 0 bridgehead atoms. The van der Waals surface area contributed by atoms with Gasteiger partial charge in [0.25, 0.3) is 0 Å². The average Bonchev–Trinajstić information content (AvgIpc) is 2.92. The Bertz CT molecular complexity index is 1070. The van der Waals surface area contributed by atoms with Crippen molar-refractivity contribution in [2.24, 2.45) is 17.2 Å². The van der Waals surface area contributed by atoms with Gasteiger partial charge in [-0.2, -0.15) is 0 Å². The molecule has 7 N–H and O–H groups in total. The molecule has 8 nitrogen and oxygen atoms in total. The minimum atomic E-state index is -1.06. The molecule has 0 spiro atoms. The number of hydrogen-bond donors (Lipinski definition) is 4. The maximum absolute atomic E-state index is 12.7. The van der Waals surface area contributed by atoms with Crippen molar-refractivity contribution in [3.05, 3.63) is 108 Å². The molecule has 0 radical (unpaired) electrons. The molecule has 0 aliphatic rings. The number of primary amides is 1. The fraction of sp³-hybridized carbons (Fsp3) is 0.250. The summed E-state index contributed by atoms with van der Waals surface area (Å²) in [6.45, 7) is 0.265. The Morgan fingerprint density at radius 3 is 1.62 bits per heavy atom. The second kappa shape index (κ2) is 13.6. The molecule has 3 aromatic rings. The summed E-state index contributed by atoms with van der Waals surface area (Å²) in [5.74, 6) is -1.51. The molecule has 0 aromatic heterocycles. The third-order valence-electron chi connectivity index (χ3n) is 5.82. The fourth-order valence-corrected chi connectivity index (χ4v) is 5.43. The zero-order valence-corrected chi connectivity index (χ0v) is 21.2. The molecule has 2 atom stereocenters. The van der Waals surface area contributed by atoms with Gasteiger partial charge in [-0.05, 0) is 29.5 Å². The van der Waals surface area contributed by atoms with Crippen LogP contribution in [0.15, 0.2) is 91.0 Å². The topological polar surface area (TPSA) is 151 Å². The minimum Gasteiger partial charge on any atom is -0.391 e. The first kappa shape index (κ1) is 27.9. The quantitative estimate of drug-likeness (QED) is 0.124. The number of ether oxygens (including phenoxy) is 1. The molecule has 194 valence electrons. The van der Waals surface area contributed by atoms with Crippen molar-refractivity contribution in [2.75, 3.05) is 12.3 Å². The highest BCUT2D eigenvalue weighted by molar-refractivity contribution is 8.00. The van der Waals surface area contributed by atoms with Crippen LogP contribution in [0.25, 0.3) is 0 Å². The van der Waals surface area contributed by atoms with Crippen molar-refractivity contribution in [1.29, 1.82) is 0 Å². The molecule has 0 heterocycles. The van der Waals surface area contributed by atoms with Crippen LogP contribution in [0.4, 0.5) is 4.79 Å². The van der Waals surface area contributed by atoms with Gasteiger partial charge in [-0.3, -0.25) is 0 Å². The van der Waals surface area contributed by atoms with E-state index in [1.807, 2.05) is 91.0 Å². The van der Waals surface area contributed by atoms with Gasteiger partial charge in [0.15, 0.2) is 0 Å². The van der Waals surface area contributed by atoms with Gasteiger partial charge < -0.3 is 27.3 Å². The van der Waals surface area contributed by atoms with E-state index in [2.05, 4.69) is 5.32 Å². The second-order valence-electron chi connectivity index (χ2n) is 8.48. The summed E-state index contributed by atoms with van der Waals surface area (Å²) in [4.78, 5) is 35.7. The van der Waals surface area contributed by atoms with Crippen molar-refractivity contribution < 1.29 is 19.1 Å². The number of carbonyl (C=O) groups is 3. The SMILES string of the molecule is NC(=O)NCCC[C@@H](N)C(=O)OC(=O)[C@H](N)CSC(c1ccccc1)(c1ccccc1)c1ccccc1. The van der Waals surface area contributed by atoms with Crippen LogP contribution in [0.1, 0.15) is 29.5 Å². The highest BCUT2D eigenvalue weighted by Crippen LogP contribution is 2.48. The molecule has 0 saturated heterocycles. The summed E-state index contributed by atoms with van der Waals surface area (Å²) in [5, 5.41) is 2.41. The van der Waals surface area contributed by atoms with E-state index in [1.54, 1.807) is 0 Å². The van der Waals surface area contributed by atoms with Crippen molar-refractivity contribution >= 4 is 29.7 Å². The Morgan fingerprint density at radius 1 is 0.757 bits per heavy atom. The molecule has 3 aromatic carbocycles. The van der Waals surface area contributed by atoms with E-state index in [4.69, 9.17) is 21.9 Å². The molecule has 0 fully saturated rings. The summed E-state index contributed by atoms with van der Waals surface area (Å²) in [6, 6.07) is 27.3. The standard InChI is InChI=1S/C28H32N4O4S/c29-23(17-10-18-32-27(31)35)25(33)36-26(34)24(30)19-37-28(20-11-4-1-5-12-20,21-13-6-2-7-14-21)22-15-8-3-9-16-22/h1-9,11-16,23-24H,10,17-19,29-30H2,(H3,31,32,35)/t23-,24-/m1/s1. The van der Waals surface area contributed by atoms with E-state index in [1.165, 1.54) is 11.8 Å². The van der Waals surface area contributed by atoms with Gasteiger partial charge in [-0.25, -0.2) is 14.4 Å². The molecule has 2 amide bonds. The van der Waals surface area contributed by atoms with Gasteiger partial charge >= 0.3 is 18.0 Å². The molecule has 3 rings (SSSR count). The van der Waals surface area contributed by atoms with Crippen LogP contribution >= 0.6 is 11.8 Å². The normalized spacial score (nSPS) is 12.8. The van der Waals surface area contributed by atoms with Gasteiger partial charge in [0.1, 0.15) is 12.1 Å². The van der Waals surface area contributed by atoms with Crippen molar-refractivity contribution in [3.63, 3.8) is 0 Å². The first-order valence-corrected chi connectivity index (χ1v) is 12.9. The van der Waals surface area contributed by atoms with E-state index in [0.717, 1.165) is 16.7 Å². The number of urea groups is 1. The maximum atomic E-state index is 12.7. The second-order valence-corrected chi connectivity index (χ2v) is 9.71. The molecule has 37 heavy (non-hydrogen) atoms. The fourth-order valence-electron chi connectivity index (χ4n) is 3.95. The molecule has 9 heteroatoms. The minimum absolute atomic E-state index is 0.183. The predicted octanol–water partition coefficient (Wildman–Crippen LogP) is 2.88. The van der Waals surface area contributed by atoms with E-state index >= 15 is 0 Å². The lowest BCUT2D eigenvalue weighted by atomic mass is 9.84. The first-order valence-electron chi connectivity index (χ1n) is 11.9. The molecular formula is C28H32N4O4S. The number of nitrogens with one attached hydrogen (secondary N) is 1. The van der Waals surface area contributed by atoms with Gasteiger partial charge in [-0.15, -0.1) is 11.8 Å².